The molecule has 4 aromatic rings. The lowest BCUT2D eigenvalue weighted by atomic mass is 9.99. The molecule has 7 rings (SSSR count). The minimum Gasteiger partial charge on any atom is -0.351 e. The second-order valence-corrected chi connectivity index (χ2v) is 9.73. The van der Waals surface area contributed by atoms with Crippen molar-refractivity contribution in [2.24, 2.45) is 0 Å². The van der Waals surface area contributed by atoms with Gasteiger partial charge < -0.3 is 10.6 Å². The average Bonchev–Trinajstić information content (AvgIpc) is 3.30. The molecule has 10 heteroatoms. The first-order valence-corrected chi connectivity index (χ1v) is 12.7. The van der Waals surface area contributed by atoms with E-state index in [1.165, 1.54) is 0 Å². The molecule has 1 saturated heterocycles. The van der Waals surface area contributed by atoms with Crippen LogP contribution in [-0.4, -0.2) is 42.4 Å². The fraction of sp³-hybridized carbons (Fsp3) is 0.214. The van der Waals surface area contributed by atoms with Gasteiger partial charge in [-0.3, -0.25) is 19.9 Å². The van der Waals surface area contributed by atoms with Crippen molar-refractivity contribution in [3.05, 3.63) is 76.8 Å². The van der Waals surface area contributed by atoms with Gasteiger partial charge in [-0.2, -0.15) is 19.6 Å². The molecule has 4 heterocycles. The van der Waals surface area contributed by atoms with E-state index in [0.717, 1.165) is 47.2 Å². The molecule has 1 saturated carbocycles. The Morgan fingerprint density at radius 2 is 2.03 bits per heavy atom. The molecular weight excluding hydrogens is 480 g/mol. The van der Waals surface area contributed by atoms with Crippen LogP contribution >= 0.6 is 0 Å². The van der Waals surface area contributed by atoms with E-state index in [0.29, 0.717) is 41.3 Å². The summed E-state index contributed by atoms with van der Waals surface area (Å²) in [7, 11) is 0. The van der Waals surface area contributed by atoms with E-state index in [1.54, 1.807) is 16.8 Å². The van der Waals surface area contributed by atoms with E-state index in [9.17, 15) is 9.59 Å². The Hall–Kier alpha value is -4.86. The van der Waals surface area contributed by atoms with Crippen molar-refractivity contribution in [2.45, 2.75) is 38.3 Å². The Morgan fingerprint density at radius 1 is 1.13 bits per heavy atom. The molecule has 1 aliphatic heterocycles. The zero-order valence-corrected chi connectivity index (χ0v) is 20.4. The zero-order valence-electron chi connectivity index (χ0n) is 20.4. The van der Waals surface area contributed by atoms with E-state index in [-0.39, 0.29) is 18.2 Å². The second kappa shape index (κ2) is 8.91. The van der Waals surface area contributed by atoms with E-state index in [4.69, 9.17) is 9.97 Å². The Bertz CT molecular complexity index is 1680. The number of nitrogens with zero attached hydrogens (tertiary/aromatic N) is 5. The van der Waals surface area contributed by atoms with Gasteiger partial charge in [0.1, 0.15) is 0 Å². The second-order valence-electron chi connectivity index (χ2n) is 9.73. The first-order valence-electron chi connectivity index (χ1n) is 12.7. The highest BCUT2D eigenvalue weighted by Gasteiger charge is 2.26. The lowest BCUT2D eigenvalue weighted by molar-refractivity contribution is -0.124. The topological polar surface area (TPSA) is 126 Å². The first kappa shape index (κ1) is 22.3. The summed E-state index contributed by atoms with van der Waals surface area (Å²) in [6.07, 6.45) is 12.6. The number of pyridine rings is 1. The molecule has 3 aliphatic rings. The third kappa shape index (κ3) is 4.19. The van der Waals surface area contributed by atoms with Gasteiger partial charge in [0.2, 0.25) is 17.8 Å². The van der Waals surface area contributed by atoms with Crippen LogP contribution in [-0.2, 0) is 22.6 Å². The minimum absolute atomic E-state index is 0.0453. The summed E-state index contributed by atoms with van der Waals surface area (Å²) >= 11 is 0. The van der Waals surface area contributed by atoms with Gasteiger partial charge in [-0.15, -0.1) is 0 Å². The summed E-state index contributed by atoms with van der Waals surface area (Å²) in [6, 6.07) is 10.8. The van der Waals surface area contributed by atoms with Crippen LogP contribution in [0.5, 0.6) is 0 Å². The number of nitrogens with one attached hydrogen (secondary N) is 3. The molecule has 0 unspecified atom stereocenters. The number of amides is 2. The summed E-state index contributed by atoms with van der Waals surface area (Å²) in [5.74, 6) is 0.335. The first-order chi connectivity index (χ1) is 18.6. The van der Waals surface area contributed by atoms with E-state index in [1.807, 2.05) is 18.3 Å². The number of benzene rings is 1. The zero-order chi connectivity index (χ0) is 25.6. The number of hydrogen-bond donors (Lipinski definition) is 3. The highest BCUT2D eigenvalue weighted by atomic mass is 16.2. The van der Waals surface area contributed by atoms with Gasteiger partial charge in [0.05, 0.1) is 18.3 Å². The Labute approximate surface area is 217 Å². The van der Waals surface area contributed by atoms with Crippen LogP contribution in [0.4, 0.5) is 11.9 Å². The highest BCUT2D eigenvalue weighted by Crippen LogP contribution is 2.29. The largest absolute Gasteiger partial charge is 0.351 e. The number of anilines is 2. The third-order valence-electron chi connectivity index (χ3n) is 6.91. The Kier molecular flexibility index (Phi) is 5.24. The smallest absolute Gasteiger partial charge is 0.254 e. The van der Waals surface area contributed by atoms with Crippen LogP contribution in [0.3, 0.4) is 0 Å². The predicted octanol–water partition coefficient (Wildman–Crippen LogP) is 3.37. The Morgan fingerprint density at radius 3 is 2.87 bits per heavy atom. The molecule has 10 nitrogen and oxygen atoms in total. The fourth-order valence-corrected chi connectivity index (χ4v) is 4.79. The van der Waals surface area contributed by atoms with Crippen molar-refractivity contribution in [1.82, 2.24) is 29.9 Å². The van der Waals surface area contributed by atoms with Crippen LogP contribution in [0.2, 0.25) is 0 Å². The molecule has 3 N–H and O–H groups in total. The SMILES string of the molecule is O=C1C/C(=C\c2cnn3c(NC4CC4)nc(NCc4ccccc4-c4cnc5c(c4)C=CC5)nc23)C(=O)N1. The average molecular weight is 505 g/mol. The lowest BCUT2D eigenvalue weighted by Gasteiger charge is -2.13. The normalized spacial score (nSPS) is 17.3. The summed E-state index contributed by atoms with van der Waals surface area (Å²) < 4.78 is 1.64. The van der Waals surface area contributed by atoms with Crippen LogP contribution in [0.1, 0.15) is 41.6 Å². The number of carbonyl (C=O) groups is 2. The summed E-state index contributed by atoms with van der Waals surface area (Å²) in [6.45, 7) is 0.504. The van der Waals surface area contributed by atoms with Gasteiger partial charge in [0, 0.05) is 41.9 Å². The molecule has 38 heavy (non-hydrogen) atoms. The van der Waals surface area contributed by atoms with Gasteiger partial charge in [-0.25, -0.2) is 0 Å². The molecule has 2 amide bonds. The summed E-state index contributed by atoms with van der Waals surface area (Å²) in [4.78, 5) is 37.9. The number of fused-ring (bicyclic) bond motifs is 2. The van der Waals surface area contributed by atoms with Crippen molar-refractivity contribution < 1.29 is 9.59 Å². The maximum atomic E-state index is 12.1. The maximum absolute atomic E-state index is 12.1. The third-order valence-corrected chi connectivity index (χ3v) is 6.91. The molecule has 0 spiro atoms. The standard InChI is InChI=1S/C28H24N8O2/c37-24-12-18(26(38)33-24)11-20-15-31-36-25(20)34-27(35-28(36)32-21-8-9-21)30-13-17-4-1-2-6-22(17)19-10-16-5-3-7-23(16)29-14-19/h1-6,10-11,14-15,21H,7-9,12-13H2,(H,33,37,38)(H2,30,32,34,35)/b18-11+. The van der Waals surface area contributed by atoms with Crippen LogP contribution < -0.4 is 16.0 Å². The highest BCUT2D eigenvalue weighted by molar-refractivity contribution is 6.15. The number of imide groups is 1. The van der Waals surface area contributed by atoms with Gasteiger partial charge >= 0.3 is 0 Å². The number of carbonyl (C=O) groups excluding carboxylic acids is 2. The molecule has 3 aromatic heterocycles. The van der Waals surface area contributed by atoms with Gasteiger partial charge in [-0.05, 0) is 41.7 Å². The predicted molar refractivity (Wildman–Crippen MR) is 143 cm³/mol. The number of allylic oxidation sites excluding steroid dienone is 1. The molecule has 0 atom stereocenters. The Balaban J connectivity index is 1.22. The van der Waals surface area contributed by atoms with E-state index < -0.39 is 0 Å². The number of aromatic nitrogens is 5. The van der Waals surface area contributed by atoms with Gasteiger partial charge in [0.15, 0.2) is 5.65 Å². The van der Waals surface area contributed by atoms with Crippen molar-refractivity contribution in [3.63, 3.8) is 0 Å². The monoisotopic (exact) mass is 504 g/mol. The van der Waals surface area contributed by atoms with Crippen molar-refractivity contribution >= 4 is 41.5 Å². The van der Waals surface area contributed by atoms with Gasteiger partial charge in [0.25, 0.3) is 5.91 Å². The summed E-state index contributed by atoms with van der Waals surface area (Å²) in [5.41, 5.74) is 7.10. The molecule has 2 fully saturated rings. The quantitative estimate of drug-likeness (QED) is 0.258. The van der Waals surface area contributed by atoms with Crippen LogP contribution in [0.25, 0.3) is 28.9 Å². The number of hydrogen-bond acceptors (Lipinski definition) is 8. The molecule has 0 radical (unpaired) electrons. The molecule has 188 valence electrons. The molecular formula is C28H24N8O2. The maximum Gasteiger partial charge on any atom is 0.254 e. The van der Waals surface area contributed by atoms with Crippen LogP contribution in [0.15, 0.2) is 54.4 Å². The summed E-state index contributed by atoms with van der Waals surface area (Å²) in [5, 5.41) is 13.6. The van der Waals surface area contributed by atoms with E-state index >= 15 is 0 Å². The molecule has 1 aromatic carbocycles. The van der Waals surface area contributed by atoms with Crippen molar-refractivity contribution in [2.75, 3.05) is 10.6 Å². The minimum atomic E-state index is -0.383. The van der Waals surface area contributed by atoms with Gasteiger partial charge in [-0.1, -0.05) is 36.4 Å². The lowest BCUT2D eigenvalue weighted by Crippen LogP contribution is -2.19. The van der Waals surface area contributed by atoms with Crippen molar-refractivity contribution in [1.29, 1.82) is 0 Å². The van der Waals surface area contributed by atoms with Crippen molar-refractivity contribution in [3.8, 4) is 11.1 Å². The molecule has 2 aliphatic carbocycles. The van der Waals surface area contributed by atoms with Crippen LogP contribution in [0, 0.1) is 0 Å². The van der Waals surface area contributed by atoms with E-state index in [2.05, 4.69) is 56.4 Å². The molecule has 0 bridgehead atoms. The number of rotatable bonds is 7. The fourth-order valence-electron chi connectivity index (χ4n) is 4.79.